The van der Waals surface area contributed by atoms with Crippen molar-refractivity contribution in [2.75, 3.05) is 186 Å². The average molecular weight is 1090 g/mol. The van der Waals surface area contributed by atoms with Gasteiger partial charge in [0.05, 0.1) is 18.8 Å². The van der Waals surface area contributed by atoms with Gasteiger partial charge in [-0.3, -0.25) is 28.8 Å². The molecule has 0 heterocycles. The van der Waals surface area contributed by atoms with Crippen molar-refractivity contribution in [3.05, 3.63) is 0 Å². The van der Waals surface area contributed by atoms with Gasteiger partial charge in [-0.1, -0.05) is 0 Å². The maximum absolute atomic E-state index is 11.3. The van der Waals surface area contributed by atoms with E-state index in [1.54, 1.807) is 77.6 Å². The van der Waals surface area contributed by atoms with Gasteiger partial charge in [0.2, 0.25) is 11.8 Å². The van der Waals surface area contributed by atoms with E-state index in [1.165, 1.54) is 67.2 Å². The second-order valence-corrected chi connectivity index (χ2v) is 16.0. The van der Waals surface area contributed by atoms with Crippen LogP contribution in [0.4, 0.5) is 0 Å². The Morgan fingerprint density at radius 2 is 0.716 bits per heavy atom. The van der Waals surface area contributed by atoms with Gasteiger partial charge in [0.1, 0.15) is 37.1 Å². The number of nitrogens with zero attached hydrogens (tertiary/aromatic N) is 5. The summed E-state index contributed by atoms with van der Waals surface area (Å²) in [5, 5.41) is 60.2. The van der Waals surface area contributed by atoms with Crippen LogP contribution in [-0.2, 0) is 66.7 Å². The lowest BCUT2D eigenvalue weighted by Crippen LogP contribution is -2.37. The molecule has 6 amide bonds. The van der Waals surface area contributed by atoms with Crippen LogP contribution < -0.4 is 11.5 Å². The van der Waals surface area contributed by atoms with Crippen molar-refractivity contribution in [2.45, 2.75) is 81.3 Å². The van der Waals surface area contributed by atoms with Crippen molar-refractivity contribution >= 4 is 35.4 Å². The molecule has 446 valence electrons. The minimum atomic E-state index is -0.879. The molecular weight excluding hydrogens is 987 g/mol. The largest absolute Gasteiger partial charge is 0.396 e. The number of carbonyl (C=O) groups excluding carboxylic acids is 6. The van der Waals surface area contributed by atoms with Crippen LogP contribution in [0.25, 0.3) is 0 Å². The van der Waals surface area contributed by atoms with E-state index in [0.717, 1.165) is 0 Å². The van der Waals surface area contributed by atoms with Crippen LogP contribution >= 0.6 is 0 Å². The molecule has 0 aromatic carbocycles. The standard InChI is InChI=1S/C8H17NO3.C7H15NO4.3C7H15NO3.C5H11NO3.C5H13NO2/c1-9(2)8(10)7(12-4)5-6-11-3;1-8(3-6(10)4-9)7(11)5-12-2;3*1-8(2)7(10)6(11-3)4-5-9;1-9-4(2-3-7)5(6)8;1-8-3-2-5(7)4-6/h7H,5-6H2,1-4H3;6,9-10H,3-5H2,1-2H3;3*6,9H,4-5H2,1-3H3;4,7H,2-3H2,1H3,(H2,6,8);5,7H,2-4,6H2,1H3/t;3*6-;;;5-/m.110..0/s1. The zero-order valence-electron chi connectivity index (χ0n) is 47.6. The number of primary amides is 1. The average Bonchev–Trinajstić information content (AvgIpc) is 3.37. The summed E-state index contributed by atoms with van der Waals surface area (Å²) in [6, 6.07) is 0. The first kappa shape index (κ1) is 84.1. The van der Waals surface area contributed by atoms with E-state index in [9.17, 15) is 28.8 Å². The number of likely N-dealkylation sites (N-methyl/N-ethyl adjacent to an activating group) is 5. The van der Waals surface area contributed by atoms with Crippen LogP contribution in [0.15, 0.2) is 0 Å². The van der Waals surface area contributed by atoms with E-state index < -0.39 is 42.5 Å². The molecule has 0 spiro atoms. The molecule has 0 aliphatic carbocycles. The predicted octanol–water partition coefficient (Wildman–Crippen LogP) is -4.80. The first-order chi connectivity index (χ1) is 34.7. The van der Waals surface area contributed by atoms with Crippen molar-refractivity contribution < 1.29 is 102 Å². The number of nitrogens with two attached hydrogens (primary N) is 2. The molecule has 0 aliphatic heterocycles. The van der Waals surface area contributed by atoms with Gasteiger partial charge in [-0.25, -0.2) is 0 Å². The monoisotopic (exact) mass is 1090 g/mol. The van der Waals surface area contributed by atoms with Gasteiger partial charge in [0.15, 0.2) is 0 Å². The number of hydrogen-bond donors (Lipinski definition) is 9. The minimum Gasteiger partial charge on any atom is -0.396 e. The zero-order chi connectivity index (χ0) is 59.4. The third-order valence-corrected chi connectivity index (χ3v) is 9.07. The lowest BCUT2D eigenvalue weighted by molar-refractivity contribution is -0.140. The fourth-order valence-electron chi connectivity index (χ4n) is 4.67. The summed E-state index contributed by atoms with van der Waals surface area (Å²) < 4.78 is 38.4. The molecule has 7 atom stereocenters. The van der Waals surface area contributed by atoms with E-state index in [1.807, 2.05) is 0 Å². The maximum atomic E-state index is 11.3. The molecule has 0 saturated carbocycles. The molecule has 74 heavy (non-hydrogen) atoms. The molecule has 11 N–H and O–H groups in total. The Kier molecular flexibility index (Phi) is 66.5. The molecular formula is C46H101N7O21. The molecule has 0 aliphatic rings. The van der Waals surface area contributed by atoms with Crippen LogP contribution in [-0.4, -0.2) is 325 Å². The summed E-state index contributed by atoms with van der Waals surface area (Å²) in [4.78, 5) is 73.3. The Bertz CT molecular complexity index is 1250. The Balaban J connectivity index is -0.000000142. The van der Waals surface area contributed by atoms with Crippen molar-refractivity contribution in [1.82, 2.24) is 24.5 Å². The first-order valence-corrected chi connectivity index (χ1v) is 23.3. The number of methoxy groups -OCH3 is 8. The third-order valence-electron chi connectivity index (χ3n) is 9.07. The van der Waals surface area contributed by atoms with Crippen LogP contribution in [0.3, 0.4) is 0 Å². The predicted molar refractivity (Wildman–Crippen MR) is 275 cm³/mol. The highest BCUT2D eigenvalue weighted by Gasteiger charge is 2.21. The lowest BCUT2D eigenvalue weighted by atomic mass is 10.2. The van der Waals surface area contributed by atoms with Crippen molar-refractivity contribution in [2.24, 2.45) is 11.5 Å². The summed E-state index contributed by atoms with van der Waals surface area (Å²) in [6.45, 7) is 1.05. The molecule has 28 nitrogen and oxygen atoms in total. The van der Waals surface area contributed by atoms with Gasteiger partial charge < -0.3 is 110 Å². The Morgan fingerprint density at radius 3 is 0.919 bits per heavy atom. The quantitative estimate of drug-likeness (QED) is 0.0326. The van der Waals surface area contributed by atoms with E-state index >= 15 is 0 Å². The molecule has 0 radical (unpaired) electrons. The van der Waals surface area contributed by atoms with Gasteiger partial charge in [0, 0.05) is 205 Å². The Labute approximate surface area is 440 Å². The SMILES string of the molecule is COC(CCO)C(=O)N(C)C.COC(CCO)C(N)=O.COCC(=O)N(C)C[C@@H](O)CO.COCCC(OC)C(=O)N(C)C.COCC[C@H](O)CN.CO[C@@H](CCO)C(=O)N(C)C.CO[C@H](CCO)C(=O)N(C)C. The normalized spacial score (nSPS) is 12.9. The topological polar surface area (TPSA) is 386 Å². The number of ether oxygens (including phenoxy) is 8. The first-order valence-electron chi connectivity index (χ1n) is 23.3. The lowest BCUT2D eigenvalue weighted by Gasteiger charge is -2.18. The Morgan fingerprint density at radius 1 is 0.432 bits per heavy atom. The van der Waals surface area contributed by atoms with E-state index in [0.29, 0.717) is 51.9 Å². The highest BCUT2D eigenvalue weighted by molar-refractivity contribution is 5.81. The highest BCUT2D eigenvalue weighted by Crippen LogP contribution is 2.03. The number of aliphatic hydroxyl groups is 7. The maximum Gasteiger partial charge on any atom is 0.251 e. The van der Waals surface area contributed by atoms with Crippen molar-refractivity contribution in [3.8, 4) is 0 Å². The Hall–Kier alpha value is -3.82. The summed E-state index contributed by atoms with van der Waals surface area (Å²) in [7, 11) is 26.8. The van der Waals surface area contributed by atoms with Gasteiger partial charge in [-0.2, -0.15) is 0 Å². The molecule has 0 bridgehead atoms. The molecule has 0 aromatic rings. The van der Waals surface area contributed by atoms with Gasteiger partial charge in [-0.15, -0.1) is 0 Å². The number of amides is 6. The second-order valence-electron chi connectivity index (χ2n) is 16.0. The van der Waals surface area contributed by atoms with Crippen molar-refractivity contribution in [1.29, 1.82) is 0 Å². The second kappa shape index (κ2) is 58.4. The van der Waals surface area contributed by atoms with Crippen LogP contribution in [0.2, 0.25) is 0 Å². The smallest absolute Gasteiger partial charge is 0.251 e. The molecule has 3 unspecified atom stereocenters. The minimum absolute atomic E-state index is 0.00531. The van der Waals surface area contributed by atoms with Crippen molar-refractivity contribution in [3.63, 3.8) is 0 Å². The number of aliphatic hydroxyl groups excluding tert-OH is 7. The van der Waals surface area contributed by atoms with E-state index in [4.69, 9.17) is 75.6 Å². The van der Waals surface area contributed by atoms with Gasteiger partial charge in [-0.05, 0) is 6.42 Å². The van der Waals surface area contributed by atoms with E-state index in [-0.39, 0.29) is 88.2 Å². The van der Waals surface area contributed by atoms with Crippen LogP contribution in [0.1, 0.15) is 38.5 Å². The van der Waals surface area contributed by atoms with Gasteiger partial charge in [0.25, 0.3) is 23.6 Å². The van der Waals surface area contributed by atoms with Crippen LogP contribution in [0.5, 0.6) is 0 Å². The van der Waals surface area contributed by atoms with E-state index in [2.05, 4.69) is 9.47 Å². The highest BCUT2D eigenvalue weighted by atomic mass is 16.5. The fourth-order valence-corrected chi connectivity index (χ4v) is 4.67. The third kappa shape index (κ3) is 51.7. The summed E-state index contributed by atoms with van der Waals surface area (Å²) >= 11 is 0. The molecule has 28 heteroatoms. The summed E-state index contributed by atoms with van der Waals surface area (Å²) in [6.07, 6.45) is -1.24. The fraction of sp³-hybridized carbons (Fsp3) is 0.870. The molecule has 0 rings (SSSR count). The summed E-state index contributed by atoms with van der Waals surface area (Å²) in [5.41, 5.74) is 9.97. The summed E-state index contributed by atoms with van der Waals surface area (Å²) in [5.74, 6) is -1.10. The molecule has 0 fully saturated rings. The molecule has 0 aromatic heterocycles. The number of rotatable bonds is 30. The number of hydrogen-bond acceptors (Lipinski definition) is 22. The number of carbonyl (C=O) groups is 6. The van der Waals surface area contributed by atoms with Crippen LogP contribution in [0, 0.1) is 0 Å². The van der Waals surface area contributed by atoms with Gasteiger partial charge >= 0.3 is 0 Å². The zero-order valence-corrected chi connectivity index (χ0v) is 47.6. The molecule has 0 saturated heterocycles.